The van der Waals surface area contributed by atoms with Gasteiger partial charge >= 0.3 is 0 Å². The Labute approximate surface area is 100 Å². The molecule has 2 N–H and O–H groups in total. The molecular weight excluding hydrogens is 200 g/mol. The minimum Gasteiger partial charge on any atom is -0.377 e. The maximum atomic E-state index is 5.83. The maximum Gasteiger partial charge on any atom is 0.0600 e. The molecule has 16 heavy (non-hydrogen) atoms. The normalized spacial score (nSPS) is 18.2. The van der Waals surface area contributed by atoms with Gasteiger partial charge in [-0.1, -0.05) is 26.7 Å². The number of hydrogen-bond donors (Lipinski definition) is 2. The first-order chi connectivity index (χ1) is 7.86. The molecule has 1 aliphatic rings. The molecule has 0 aliphatic carbocycles. The summed E-state index contributed by atoms with van der Waals surface area (Å²) in [5.41, 5.74) is 0. The van der Waals surface area contributed by atoms with Crippen LogP contribution < -0.4 is 10.6 Å². The molecule has 1 heterocycles. The van der Waals surface area contributed by atoms with Gasteiger partial charge < -0.3 is 15.4 Å². The Morgan fingerprint density at radius 2 is 1.94 bits per heavy atom. The number of ether oxygens (including phenoxy) is 1. The van der Waals surface area contributed by atoms with Crippen LogP contribution in [-0.4, -0.2) is 38.9 Å². The van der Waals surface area contributed by atoms with Crippen LogP contribution in [0.4, 0.5) is 0 Å². The van der Waals surface area contributed by atoms with Crippen LogP contribution in [0, 0.1) is 5.92 Å². The summed E-state index contributed by atoms with van der Waals surface area (Å²) in [6.45, 7) is 9.77. The van der Waals surface area contributed by atoms with Crippen LogP contribution in [0.2, 0.25) is 0 Å². The highest BCUT2D eigenvalue weighted by Crippen LogP contribution is 2.07. The van der Waals surface area contributed by atoms with E-state index in [0.29, 0.717) is 6.10 Å². The summed E-state index contributed by atoms with van der Waals surface area (Å²) in [6, 6.07) is 0. The van der Waals surface area contributed by atoms with Gasteiger partial charge in [0.05, 0.1) is 12.7 Å². The Bertz CT molecular complexity index is 154. The van der Waals surface area contributed by atoms with Crippen molar-refractivity contribution in [1.29, 1.82) is 0 Å². The van der Waals surface area contributed by atoms with Gasteiger partial charge in [-0.3, -0.25) is 0 Å². The number of hydrogen-bond acceptors (Lipinski definition) is 3. The number of piperidine rings is 1. The lowest BCUT2D eigenvalue weighted by molar-refractivity contribution is 0.0345. The summed E-state index contributed by atoms with van der Waals surface area (Å²) in [7, 11) is 0. The molecule has 0 unspecified atom stereocenters. The smallest absolute Gasteiger partial charge is 0.0600 e. The fraction of sp³-hybridized carbons (Fsp3) is 1.00. The van der Waals surface area contributed by atoms with Crippen LogP contribution in [0.25, 0.3) is 0 Å². The van der Waals surface area contributed by atoms with E-state index in [1.165, 1.54) is 25.7 Å². The first-order valence-corrected chi connectivity index (χ1v) is 6.89. The van der Waals surface area contributed by atoms with E-state index in [0.717, 1.165) is 38.7 Å². The molecule has 1 aliphatic heterocycles. The zero-order valence-electron chi connectivity index (χ0n) is 10.9. The van der Waals surface area contributed by atoms with Crippen molar-refractivity contribution in [2.45, 2.75) is 45.6 Å². The molecule has 0 bridgehead atoms. The third-order valence-corrected chi connectivity index (χ3v) is 3.51. The van der Waals surface area contributed by atoms with Crippen molar-refractivity contribution in [3.63, 3.8) is 0 Å². The van der Waals surface area contributed by atoms with Crippen LogP contribution in [0.3, 0.4) is 0 Å². The Kier molecular flexibility index (Phi) is 7.81. The summed E-state index contributed by atoms with van der Waals surface area (Å²) in [5, 5.41) is 6.84. The Morgan fingerprint density at radius 1 is 1.25 bits per heavy atom. The molecule has 0 spiro atoms. The third-order valence-electron chi connectivity index (χ3n) is 3.51. The average molecular weight is 228 g/mol. The minimum absolute atomic E-state index is 0.496. The second-order valence-corrected chi connectivity index (χ2v) is 4.71. The fourth-order valence-corrected chi connectivity index (χ4v) is 2.14. The van der Waals surface area contributed by atoms with Gasteiger partial charge in [-0.25, -0.2) is 0 Å². The van der Waals surface area contributed by atoms with Crippen molar-refractivity contribution in [2.24, 2.45) is 5.92 Å². The minimum atomic E-state index is 0.496. The van der Waals surface area contributed by atoms with Crippen molar-refractivity contribution in [1.82, 2.24) is 10.6 Å². The van der Waals surface area contributed by atoms with Gasteiger partial charge in [0, 0.05) is 6.54 Å². The van der Waals surface area contributed by atoms with E-state index < -0.39 is 0 Å². The first-order valence-electron chi connectivity index (χ1n) is 6.89. The van der Waals surface area contributed by atoms with Crippen LogP contribution in [0.1, 0.15) is 39.5 Å². The van der Waals surface area contributed by atoms with Gasteiger partial charge in [0.2, 0.25) is 0 Å². The van der Waals surface area contributed by atoms with E-state index in [1.807, 2.05) is 0 Å². The third kappa shape index (κ3) is 5.83. The highest BCUT2D eigenvalue weighted by Gasteiger charge is 2.12. The molecule has 0 atom stereocenters. The lowest BCUT2D eigenvalue weighted by atomic mass is 10.0. The van der Waals surface area contributed by atoms with E-state index >= 15 is 0 Å². The number of nitrogens with one attached hydrogen (secondary N) is 2. The molecule has 1 saturated heterocycles. The molecule has 0 aromatic carbocycles. The lowest BCUT2D eigenvalue weighted by Gasteiger charge is -2.23. The molecule has 3 heteroatoms. The second kappa shape index (κ2) is 8.97. The molecule has 0 aromatic heterocycles. The number of rotatable bonds is 8. The van der Waals surface area contributed by atoms with E-state index in [9.17, 15) is 0 Å². The monoisotopic (exact) mass is 228 g/mol. The fourth-order valence-electron chi connectivity index (χ4n) is 2.14. The molecule has 0 radical (unpaired) electrons. The van der Waals surface area contributed by atoms with E-state index in [-0.39, 0.29) is 0 Å². The molecule has 3 nitrogen and oxygen atoms in total. The summed E-state index contributed by atoms with van der Waals surface area (Å²) >= 11 is 0. The van der Waals surface area contributed by atoms with Crippen molar-refractivity contribution in [3.8, 4) is 0 Å². The van der Waals surface area contributed by atoms with Crippen molar-refractivity contribution >= 4 is 0 Å². The average Bonchev–Trinajstić information content (AvgIpc) is 2.35. The van der Waals surface area contributed by atoms with Crippen molar-refractivity contribution in [3.05, 3.63) is 0 Å². The topological polar surface area (TPSA) is 33.3 Å². The highest BCUT2D eigenvalue weighted by molar-refractivity contribution is 4.68. The predicted octanol–water partition coefficient (Wildman–Crippen LogP) is 1.78. The van der Waals surface area contributed by atoms with Crippen molar-refractivity contribution < 1.29 is 4.74 Å². The highest BCUT2D eigenvalue weighted by atomic mass is 16.5. The first kappa shape index (κ1) is 13.9. The summed E-state index contributed by atoms with van der Waals surface area (Å²) in [5.74, 6) is 0.832. The molecule has 96 valence electrons. The molecule has 1 fully saturated rings. The summed E-state index contributed by atoms with van der Waals surface area (Å²) in [6.07, 6.45) is 5.40. The van der Waals surface area contributed by atoms with Crippen molar-refractivity contribution in [2.75, 3.05) is 32.8 Å². The molecule has 0 amide bonds. The zero-order chi connectivity index (χ0) is 11.6. The van der Waals surface area contributed by atoms with E-state index in [2.05, 4.69) is 24.5 Å². The summed E-state index contributed by atoms with van der Waals surface area (Å²) < 4.78 is 5.83. The zero-order valence-corrected chi connectivity index (χ0v) is 10.9. The molecule has 1 rings (SSSR count). The van der Waals surface area contributed by atoms with Gasteiger partial charge in [-0.2, -0.15) is 0 Å². The van der Waals surface area contributed by atoms with Gasteiger partial charge in [0.25, 0.3) is 0 Å². The van der Waals surface area contributed by atoms with Crippen LogP contribution >= 0.6 is 0 Å². The standard InChI is InChI=1S/C13H28N2O/c1-3-12(4-2)11-15-9-10-16-13-5-7-14-8-6-13/h12-15H,3-11H2,1-2H3. The van der Waals surface area contributed by atoms with Gasteiger partial charge in [0.1, 0.15) is 0 Å². The molecule has 0 aromatic rings. The van der Waals surface area contributed by atoms with Gasteiger partial charge in [-0.15, -0.1) is 0 Å². The van der Waals surface area contributed by atoms with Gasteiger partial charge in [0.15, 0.2) is 0 Å². The van der Waals surface area contributed by atoms with Crippen LogP contribution in [0.15, 0.2) is 0 Å². The SMILES string of the molecule is CCC(CC)CNCCOC1CCNCC1. The van der Waals surface area contributed by atoms with Gasteiger partial charge in [-0.05, 0) is 38.4 Å². The lowest BCUT2D eigenvalue weighted by Crippen LogP contribution is -2.34. The molecular formula is C13H28N2O. The Hall–Kier alpha value is -0.120. The van der Waals surface area contributed by atoms with E-state index in [1.54, 1.807) is 0 Å². The van der Waals surface area contributed by atoms with E-state index in [4.69, 9.17) is 4.74 Å². The molecule has 0 saturated carbocycles. The van der Waals surface area contributed by atoms with Crippen LogP contribution in [0.5, 0.6) is 0 Å². The quantitative estimate of drug-likeness (QED) is 0.621. The summed E-state index contributed by atoms with van der Waals surface area (Å²) in [4.78, 5) is 0. The maximum absolute atomic E-state index is 5.83. The Balaban J connectivity index is 1.90. The second-order valence-electron chi connectivity index (χ2n) is 4.71. The predicted molar refractivity (Wildman–Crippen MR) is 68.8 cm³/mol. The Morgan fingerprint density at radius 3 is 2.56 bits per heavy atom. The largest absolute Gasteiger partial charge is 0.377 e. The van der Waals surface area contributed by atoms with Crippen LogP contribution in [-0.2, 0) is 4.74 Å².